The number of carbonyl (C=O) groups excluding carboxylic acids is 1. The van der Waals surface area contributed by atoms with Gasteiger partial charge in [-0.05, 0) is 12.5 Å². The Bertz CT molecular complexity index is 293. The molecule has 68 valence electrons. The Morgan fingerprint density at radius 1 is 1.23 bits per heavy atom. The molecule has 0 spiro atoms. The maximum Gasteiger partial charge on any atom is 0.153 e. The number of carbonyl (C=O) groups is 1. The van der Waals surface area contributed by atoms with Gasteiger partial charge in [-0.2, -0.15) is 10.2 Å². The molecule has 0 aromatic heterocycles. The second-order valence-corrected chi connectivity index (χ2v) is 2.79. The first-order valence-corrected chi connectivity index (χ1v) is 4.15. The van der Waals surface area contributed by atoms with Crippen LogP contribution in [0, 0.1) is 0 Å². The van der Waals surface area contributed by atoms with Gasteiger partial charge in [0.15, 0.2) is 5.78 Å². The molecule has 0 unspecified atom stereocenters. The lowest BCUT2D eigenvalue weighted by atomic mass is 10.2. The van der Waals surface area contributed by atoms with Crippen molar-refractivity contribution in [2.24, 2.45) is 10.2 Å². The fraction of sp³-hybridized carbons (Fsp3) is 0.300. The Morgan fingerprint density at radius 3 is 2.54 bits per heavy atom. The van der Waals surface area contributed by atoms with Crippen molar-refractivity contribution in [2.45, 2.75) is 13.5 Å². The van der Waals surface area contributed by atoms with E-state index in [0.29, 0.717) is 6.54 Å². The minimum atomic E-state index is 0.0387. The highest BCUT2D eigenvalue weighted by molar-refractivity contribution is 5.77. The summed E-state index contributed by atoms with van der Waals surface area (Å²) >= 11 is 0. The molecule has 0 saturated heterocycles. The smallest absolute Gasteiger partial charge is 0.153 e. The Morgan fingerprint density at radius 2 is 1.92 bits per heavy atom. The fourth-order valence-electron chi connectivity index (χ4n) is 0.865. The van der Waals surface area contributed by atoms with E-state index in [1.807, 2.05) is 30.3 Å². The molecule has 1 aromatic rings. The summed E-state index contributed by atoms with van der Waals surface area (Å²) in [7, 11) is 0. The number of hydrogen-bond acceptors (Lipinski definition) is 3. The Kier molecular flexibility index (Phi) is 3.82. The quantitative estimate of drug-likeness (QED) is 0.648. The monoisotopic (exact) mass is 176 g/mol. The lowest BCUT2D eigenvalue weighted by Gasteiger charge is -1.92. The van der Waals surface area contributed by atoms with E-state index in [9.17, 15) is 4.79 Å². The Labute approximate surface area is 77.5 Å². The van der Waals surface area contributed by atoms with Gasteiger partial charge in [-0.1, -0.05) is 30.3 Å². The molecule has 0 atom stereocenters. The van der Waals surface area contributed by atoms with Gasteiger partial charge in [-0.15, -0.1) is 0 Å². The van der Waals surface area contributed by atoms with Gasteiger partial charge in [0.05, 0.1) is 6.54 Å². The van der Waals surface area contributed by atoms with Crippen molar-refractivity contribution in [3.63, 3.8) is 0 Å². The number of azo groups is 1. The van der Waals surface area contributed by atoms with Gasteiger partial charge in [-0.25, -0.2) is 0 Å². The van der Waals surface area contributed by atoms with Crippen LogP contribution >= 0.6 is 0 Å². The number of Topliss-reactive ketones (excluding diaryl/α,β-unsaturated/α-hetero) is 1. The summed E-state index contributed by atoms with van der Waals surface area (Å²) in [5, 5.41) is 7.63. The minimum Gasteiger partial charge on any atom is -0.298 e. The number of benzene rings is 1. The third kappa shape index (κ3) is 4.15. The lowest BCUT2D eigenvalue weighted by Crippen LogP contribution is -1.93. The zero-order chi connectivity index (χ0) is 9.52. The highest BCUT2D eigenvalue weighted by Crippen LogP contribution is 1.99. The predicted octanol–water partition coefficient (Wildman–Crippen LogP) is 2.23. The average molecular weight is 176 g/mol. The van der Waals surface area contributed by atoms with E-state index in [0.717, 1.165) is 5.56 Å². The molecule has 1 aromatic carbocycles. The number of hydrogen-bond donors (Lipinski definition) is 0. The molecule has 0 aliphatic carbocycles. The summed E-state index contributed by atoms with van der Waals surface area (Å²) in [6, 6.07) is 9.82. The molecule has 0 amide bonds. The summed E-state index contributed by atoms with van der Waals surface area (Å²) in [5.41, 5.74) is 1.11. The zero-order valence-corrected chi connectivity index (χ0v) is 7.60. The van der Waals surface area contributed by atoms with E-state index in [1.54, 1.807) is 0 Å². The van der Waals surface area contributed by atoms with Crippen LogP contribution in [0.15, 0.2) is 40.6 Å². The van der Waals surface area contributed by atoms with Gasteiger partial charge in [0, 0.05) is 0 Å². The molecule has 3 nitrogen and oxygen atoms in total. The molecule has 0 fully saturated rings. The molecule has 1 rings (SSSR count). The first kappa shape index (κ1) is 9.58. The van der Waals surface area contributed by atoms with Crippen LogP contribution in [-0.2, 0) is 11.3 Å². The summed E-state index contributed by atoms with van der Waals surface area (Å²) in [4.78, 5) is 10.5. The zero-order valence-electron chi connectivity index (χ0n) is 7.60. The van der Waals surface area contributed by atoms with Crippen LogP contribution in [0.5, 0.6) is 0 Å². The molecule has 0 saturated carbocycles. The number of ketones is 1. The van der Waals surface area contributed by atoms with Crippen molar-refractivity contribution < 1.29 is 4.79 Å². The van der Waals surface area contributed by atoms with Crippen LogP contribution in [0.3, 0.4) is 0 Å². The van der Waals surface area contributed by atoms with Crippen molar-refractivity contribution in [3.05, 3.63) is 35.9 Å². The second kappa shape index (κ2) is 5.19. The maximum absolute atomic E-state index is 10.5. The predicted molar refractivity (Wildman–Crippen MR) is 50.6 cm³/mol. The highest BCUT2D eigenvalue weighted by atomic mass is 16.1. The van der Waals surface area contributed by atoms with Crippen molar-refractivity contribution in [3.8, 4) is 0 Å². The van der Waals surface area contributed by atoms with E-state index in [2.05, 4.69) is 10.2 Å². The maximum atomic E-state index is 10.5. The summed E-state index contributed by atoms with van der Waals surface area (Å²) in [6.45, 7) is 2.24. The highest BCUT2D eigenvalue weighted by Gasteiger charge is 1.89. The third-order valence-corrected chi connectivity index (χ3v) is 1.49. The number of rotatable bonds is 4. The molecule has 0 bridgehead atoms. The van der Waals surface area contributed by atoms with E-state index in [4.69, 9.17) is 0 Å². The van der Waals surface area contributed by atoms with Crippen molar-refractivity contribution in [1.29, 1.82) is 0 Å². The Balaban J connectivity index is 2.35. The van der Waals surface area contributed by atoms with Crippen molar-refractivity contribution >= 4 is 5.78 Å². The van der Waals surface area contributed by atoms with Crippen molar-refractivity contribution in [2.75, 3.05) is 6.54 Å². The van der Waals surface area contributed by atoms with E-state index in [1.165, 1.54) is 6.92 Å². The third-order valence-electron chi connectivity index (χ3n) is 1.49. The molecule has 0 N–H and O–H groups in total. The molecular weight excluding hydrogens is 164 g/mol. The van der Waals surface area contributed by atoms with Crippen LogP contribution in [0.25, 0.3) is 0 Å². The van der Waals surface area contributed by atoms with E-state index >= 15 is 0 Å². The van der Waals surface area contributed by atoms with E-state index < -0.39 is 0 Å². The first-order valence-electron chi connectivity index (χ1n) is 4.15. The minimum absolute atomic E-state index is 0.0387. The topological polar surface area (TPSA) is 41.8 Å². The standard InChI is InChI=1S/C10H12N2O/c1-9(13)7-11-12-8-10-5-3-2-4-6-10/h2-6H,7-8H2,1H3. The van der Waals surface area contributed by atoms with Gasteiger partial charge in [0.1, 0.15) is 6.54 Å². The molecule has 0 aliphatic rings. The molecule has 0 aliphatic heterocycles. The van der Waals surface area contributed by atoms with Gasteiger partial charge in [0.2, 0.25) is 0 Å². The van der Waals surface area contributed by atoms with Crippen LogP contribution in [0.4, 0.5) is 0 Å². The summed E-state index contributed by atoms with van der Waals surface area (Å²) in [5.74, 6) is 0.0387. The van der Waals surface area contributed by atoms with Gasteiger partial charge in [0.25, 0.3) is 0 Å². The normalized spacial score (nSPS) is 10.5. The van der Waals surface area contributed by atoms with Crippen molar-refractivity contribution in [1.82, 2.24) is 0 Å². The molecule has 0 heterocycles. The summed E-state index contributed by atoms with van der Waals surface area (Å²) < 4.78 is 0. The SMILES string of the molecule is CC(=O)CN=NCc1ccccc1. The van der Waals surface area contributed by atoms with Crippen LogP contribution in [0.1, 0.15) is 12.5 Å². The lowest BCUT2D eigenvalue weighted by molar-refractivity contribution is -0.115. The van der Waals surface area contributed by atoms with Gasteiger partial charge < -0.3 is 0 Å². The number of nitrogens with zero attached hydrogens (tertiary/aromatic N) is 2. The van der Waals surface area contributed by atoms with Gasteiger partial charge in [-0.3, -0.25) is 4.79 Å². The molecule has 0 radical (unpaired) electrons. The van der Waals surface area contributed by atoms with Crippen LogP contribution < -0.4 is 0 Å². The van der Waals surface area contributed by atoms with Crippen LogP contribution in [-0.4, -0.2) is 12.3 Å². The second-order valence-electron chi connectivity index (χ2n) is 2.79. The Hall–Kier alpha value is -1.51. The first-order chi connectivity index (χ1) is 6.29. The van der Waals surface area contributed by atoms with E-state index in [-0.39, 0.29) is 12.3 Å². The fourth-order valence-corrected chi connectivity index (χ4v) is 0.865. The largest absolute Gasteiger partial charge is 0.298 e. The molecule has 13 heavy (non-hydrogen) atoms. The summed E-state index contributed by atoms with van der Waals surface area (Å²) in [6.07, 6.45) is 0. The van der Waals surface area contributed by atoms with Crippen LogP contribution in [0.2, 0.25) is 0 Å². The average Bonchev–Trinajstić information content (AvgIpc) is 2.14. The molecule has 3 heteroatoms. The van der Waals surface area contributed by atoms with Gasteiger partial charge >= 0.3 is 0 Å². The molecular formula is C10H12N2O.